The van der Waals surface area contributed by atoms with Gasteiger partial charge in [-0.1, -0.05) is 54.6 Å². The number of aryl methyl sites for hydroxylation is 2. The van der Waals surface area contributed by atoms with Gasteiger partial charge in [-0.05, 0) is 29.3 Å². The van der Waals surface area contributed by atoms with Crippen LogP contribution in [0.2, 0.25) is 0 Å². The first kappa shape index (κ1) is 10.4. The molecule has 0 aliphatic rings. The Morgan fingerprint density at radius 3 is 2.13 bits per heavy atom. The molecule has 0 bridgehead atoms. The number of hydrogen-bond donors (Lipinski definition) is 0. The van der Waals surface area contributed by atoms with Crippen LogP contribution < -0.4 is 5.30 Å². The highest BCUT2D eigenvalue weighted by molar-refractivity contribution is 7.27. The van der Waals surface area contributed by atoms with Crippen molar-refractivity contribution in [1.29, 1.82) is 0 Å². The molecule has 0 saturated carbocycles. The largest absolute Gasteiger partial charge is 0.105 e. The van der Waals surface area contributed by atoms with E-state index in [0.29, 0.717) is 0 Å². The molecule has 2 aromatic carbocycles. The van der Waals surface area contributed by atoms with Crippen LogP contribution in [0.5, 0.6) is 0 Å². The van der Waals surface area contributed by atoms with Crippen LogP contribution in [0.3, 0.4) is 0 Å². The molecule has 0 aliphatic heterocycles. The van der Waals surface area contributed by atoms with Gasteiger partial charge in [-0.15, -0.1) is 9.24 Å². The third-order valence-corrected chi connectivity index (χ3v) is 3.14. The third kappa shape index (κ3) is 2.91. The number of benzene rings is 2. The van der Waals surface area contributed by atoms with Gasteiger partial charge >= 0.3 is 0 Å². The lowest BCUT2D eigenvalue weighted by Gasteiger charge is -2.04. The fourth-order valence-corrected chi connectivity index (χ4v) is 2.04. The molecule has 15 heavy (non-hydrogen) atoms. The van der Waals surface area contributed by atoms with Gasteiger partial charge in [0.2, 0.25) is 0 Å². The maximum Gasteiger partial charge on any atom is -0.0232 e. The van der Waals surface area contributed by atoms with E-state index in [1.54, 1.807) is 0 Å². The van der Waals surface area contributed by atoms with Gasteiger partial charge in [0, 0.05) is 0 Å². The SMILES string of the molecule is Pc1ccccc1CCc1ccccc1. The summed E-state index contributed by atoms with van der Waals surface area (Å²) >= 11 is 0. The first-order valence-electron chi connectivity index (χ1n) is 5.23. The summed E-state index contributed by atoms with van der Waals surface area (Å²) in [6.07, 6.45) is 2.23. The Hall–Kier alpha value is -1.13. The Morgan fingerprint density at radius 2 is 1.40 bits per heavy atom. The zero-order valence-corrected chi connectivity index (χ0v) is 9.84. The quantitative estimate of drug-likeness (QED) is 0.689. The normalized spacial score (nSPS) is 10.2. The molecule has 0 nitrogen and oxygen atoms in total. The Kier molecular flexibility index (Phi) is 3.53. The molecule has 0 N–H and O–H groups in total. The molecular weight excluding hydrogens is 199 g/mol. The van der Waals surface area contributed by atoms with Crippen molar-refractivity contribution in [2.24, 2.45) is 0 Å². The van der Waals surface area contributed by atoms with Crippen LogP contribution in [0.25, 0.3) is 0 Å². The first-order chi connectivity index (χ1) is 7.36. The minimum Gasteiger partial charge on any atom is -0.105 e. The number of hydrogen-bond acceptors (Lipinski definition) is 0. The summed E-state index contributed by atoms with van der Waals surface area (Å²) in [6, 6.07) is 19.2. The predicted molar refractivity (Wildman–Crippen MR) is 69.6 cm³/mol. The van der Waals surface area contributed by atoms with Crippen molar-refractivity contribution in [1.82, 2.24) is 0 Å². The van der Waals surface area contributed by atoms with E-state index in [4.69, 9.17) is 0 Å². The van der Waals surface area contributed by atoms with E-state index in [1.165, 1.54) is 16.4 Å². The smallest absolute Gasteiger partial charge is 0.0232 e. The lowest BCUT2D eigenvalue weighted by atomic mass is 10.0. The van der Waals surface area contributed by atoms with Gasteiger partial charge in [0.1, 0.15) is 0 Å². The topological polar surface area (TPSA) is 0 Å². The Bertz CT molecular complexity index is 420. The van der Waals surface area contributed by atoms with Crippen LogP contribution in [0, 0.1) is 0 Å². The van der Waals surface area contributed by atoms with Crippen molar-refractivity contribution in [3.63, 3.8) is 0 Å². The molecule has 0 saturated heterocycles. The highest BCUT2D eigenvalue weighted by Crippen LogP contribution is 2.07. The average molecular weight is 214 g/mol. The van der Waals surface area contributed by atoms with E-state index in [2.05, 4.69) is 63.8 Å². The molecule has 1 unspecified atom stereocenters. The highest BCUT2D eigenvalue weighted by Gasteiger charge is 1.97. The van der Waals surface area contributed by atoms with E-state index >= 15 is 0 Å². The molecule has 1 atom stereocenters. The summed E-state index contributed by atoms with van der Waals surface area (Å²) < 4.78 is 0. The Labute approximate surface area is 93.5 Å². The molecule has 0 radical (unpaired) electrons. The zero-order chi connectivity index (χ0) is 10.5. The maximum atomic E-state index is 2.80. The van der Waals surface area contributed by atoms with E-state index in [0.717, 1.165) is 12.8 Å². The van der Waals surface area contributed by atoms with E-state index in [9.17, 15) is 0 Å². The number of rotatable bonds is 3. The van der Waals surface area contributed by atoms with Gasteiger partial charge in [-0.3, -0.25) is 0 Å². The van der Waals surface area contributed by atoms with Crippen molar-refractivity contribution in [2.75, 3.05) is 0 Å². The van der Waals surface area contributed by atoms with Crippen LogP contribution in [0.1, 0.15) is 11.1 Å². The molecule has 0 aromatic heterocycles. The fourth-order valence-electron chi connectivity index (χ4n) is 1.69. The van der Waals surface area contributed by atoms with E-state index in [-0.39, 0.29) is 0 Å². The van der Waals surface area contributed by atoms with Gasteiger partial charge in [0.25, 0.3) is 0 Å². The molecule has 0 fully saturated rings. The van der Waals surface area contributed by atoms with Crippen LogP contribution in [0.4, 0.5) is 0 Å². The minimum absolute atomic E-state index is 1.11. The van der Waals surface area contributed by atoms with Gasteiger partial charge in [0.15, 0.2) is 0 Å². The second-order valence-electron chi connectivity index (χ2n) is 3.68. The van der Waals surface area contributed by atoms with Gasteiger partial charge in [-0.25, -0.2) is 0 Å². The summed E-state index contributed by atoms with van der Waals surface area (Å²) in [7, 11) is 2.80. The van der Waals surface area contributed by atoms with E-state index < -0.39 is 0 Å². The van der Waals surface area contributed by atoms with Crippen LogP contribution >= 0.6 is 9.24 Å². The van der Waals surface area contributed by atoms with Gasteiger partial charge < -0.3 is 0 Å². The van der Waals surface area contributed by atoms with Gasteiger partial charge in [0.05, 0.1) is 0 Å². The van der Waals surface area contributed by atoms with Crippen molar-refractivity contribution in [2.45, 2.75) is 12.8 Å². The van der Waals surface area contributed by atoms with Gasteiger partial charge in [-0.2, -0.15) is 0 Å². The van der Waals surface area contributed by atoms with Crippen molar-refractivity contribution in [3.05, 3.63) is 65.7 Å². The molecule has 0 aliphatic carbocycles. The summed E-state index contributed by atoms with van der Waals surface area (Å²) in [5.41, 5.74) is 2.83. The van der Waals surface area contributed by atoms with Crippen LogP contribution in [-0.4, -0.2) is 0 Å². The maximum absolute atomic E-state index is 2.80. The molecule has 1 heteroatoms. The third-order valence-electron chi connectivity index (χ3n) is 2.58. The van der Waals surface area contributed by atoms with Crippen molar-refractivity contribution >= 4 is 14.5 Å². The Morgan fingerprint density at radius 1 is 0.733 bits per heavy atom. The summed E-state index contributed by atoms with van der Waals surface area (Å²) in [4.78, 5) is 0. The van der Waals surface area contributed by atoms with Crippen LogP contribution in [0.15, 0.2) is 54.6 Å². The Balaban J connectivity index is 2.03. The summed E-state index contributed by atoms with van der Waals surface area (Å²) in [6.45, 7) is 0. The second-order valence-corrected chi connectivity index (χ2v) is 4.31. The van der Waals surface area contributed by atoms with Crippen molar-refractivity contribution in [3.8, 4) is 0 Å². The molecule has 0 heterocycles. The van der Waals surface area contributed by atoms with Crippen LogP contribution in [-0.2, 0) is 12.8 Å². The fraction of sp³-hybridized carbons (Fsp3) is 0.143. The standard InChI is InChI=1S/C14H15P/c15-14-9-5-4-8-13(14)11-10-12-6-2-1-3-7-12/h1-9H,10-11,15H2. The minimum atomic E-state index is 1.11. The molecule has 0 amide bonds. The molecule has 0 spiro atoms. The van der Waals surface area contributed by atoms with E-state index in [1.807, 2.05) is 0 Å². The zero-order valence-electron chi connectivity index (χ0n) is 8.69. The molecule has 2 rings (SSSR count). The average Bonchev–Trinajstić information content (AvgIpc) is 2.29. The molecular formula is C14H15P. The monoisotopic (exact) mass is 214 g/mol. The molecule has 2 aromatic rings. The summed E-state index contributed by atoms with van der Waals surface area (Å²) in [5, 5.41) is 1.31. The lowest BCUT2D eigenvalue weighted by Crippen LogP contribution is -2.02. The predicted octanol–water partition coefficient (Wildman–Crippen LogP) is 2.97. The molecule has 76 valence electrons. The summed E-state index contributed by atoms with van der Waals surface area (Å²) in [5.74, 6) is 0. The second kappa shape index (κ2) is 5.09. The van der Waals surface area contributed by atoms with Crippen molar-refractivity contribution < 1.29 is 0 Å². The first-order valence-corrected chi connectivity index (χ1v) is 5.81. The highest BCUT2D eigenvalue weighted by atomic mass is 31.0. The lowest BCUT2D eigenvalue weighted by molar-refractivity contribution is 0.967.